The Labute approximate surface area is 186 Å². The lowest BCUT2D eigenvalue weighted by atomic mass is 9.92. The van der Waals surface area contributed by atoms with E-state index in [9.17, 15) is 23.2 Å². The molecule has 0 saturated carbocycles. The standard InChI is InChI=1S/C23H30F2N4O3/c1-23(17-6-7-18(24)19(25)14-17)21(31)29(22(32)26-23)15-27-12-8-16(9-13-27)20(30)28-10-4-2-3-5-11-28/h6-7,14,16H,2-5,8-13,15H2,1H3,(H,26,32). The molecule has 0 aliphatic carbocycles. The monoisotopic (exact) mass is 448 g/mol. The molecule has 4 rings (SSSR count). The molecule has 3 fully saturated rings. The molecule has 3 heterocycles. The second-order valence-corrected chi connectivity index (χ2v) is 9.19. The van der Waals surface area contributed by atoms with Gasteiger partial charge in [-0.1, -0.05) is 18.9 Å². The van der Waals surface area contributed by atoms with E-state index in [0.717, 1.165) is 43.0 Å². The van der Waals surface area contributed by atoms with E-state index in [2.05, 4.69) is 5.32 Å². The Morgan fingerprint density at radius 3 is 2.31 bits per heavy atom. The molecule has 9 heteroatoms. The normalized spacial score (nSPS) is 25.7. The first-order chi connectivity index (χ1) is 15.3. The van der Waals surface area contributed by atoms with Crippen molar-refractivity contribution in [3.63, 3.8) is 0 Å². The summed E-state index contributed by atoms with van der Waals surface area (Å²) in [6.07, 6.45) is 5.87. The van der Waals surface area contributed by atoms with Crippen molar-refractivity contribution < 1.29 is 23.2 Å². The topological polar surface area (TPSA) is 73.0 Å². The molecule has 0 spiro atoms. The molecule has 4 amide bonds. The molecule has 3 aliphatic heterocycles. The summed E-state index contributed by atoms with van der Waals surface area (Å²) >= 11 is 0. The molecule has 1 unspecified atom stereocenters. The Morgan fingerprint density at radius 2 is 1.69 bits per heavy atom. The van der Waals surface area contributed by atoms with Gasteiger partial charge < -0.3 is 10.2 Å². The van der Waals surface area contributed by atoms with E-state index in [0.29, 0.717) is 25.9 Å². The van der Waals surface area contributed by atoms with E-state index >= 15 is 0 Å². The predicted octanol–water partition coefficient (Wildman–Crippen LogP) is 2.80. The summed E-state index contributed by atoms with van der Waals surface area (Å²) in [6.45, 7) is 4.50. The number of hydrogen-bond donors (Lipinski definition) is 1. The van der Waals surface area contributed by atoms with Gasteiger partial charge in [0.25, 0.3) is 5.91 Å². The zero-order valence-corrected chi connectivity index (χ0v) is 18.4. The molecule has 1 N–H and O–H groups in total. The van der Waals surface area contributed by atoms with Crippen LogP contribution in [0.4, 0.5) is 13.6 Å². The van der Waals surface area contributed by atoms with Crippen LogP contribution in [0.2, 0.25) is 0 Å². The van der Waals surface area contributed by atoms with E-state index < -0.39 is 29.1 Å². The highest BCUT2D eigenvalue weighted by atomic mass is 19.2. The Balaban J connectivity index is 1.35. The molecule has 32 heavy (non-hydrogen) atoms. The fraction of sp³-hybridized carbons (Fsp3) is 0.609. The molecule has 0 aromatic heterocycles. The van der Waals surface area contributed by atoms with Gasteiger partial charge in [-0.3, -0.25) is 14.5 Å². The summed E-state index contributed by atoms with van der Waals surface area (Å²) in [4.78, 5) is 43.6. The maximum absolute atomic E-state index is 13.7. The van der Waals surface area contributed by atoms with Crippen LogP contribution >= 0.6 is 0 Å². The predicted molar refractivity (Wildman–Crippen MR) is 113 cm³/mol. The minimum atomic E-state index is -1.45. The van der Waals surface area contributed by atoms with Crippen LogP contribution in [0.15, 0.2) is 18.2 Å². The van der Waals surface area contributed by atoms with Gasteiger partial charge in [0.2, 0.25) is 5.91 Å². The van der Waals surface area contributed by atoms with Crippen LogP contribution in [-0.4, -0.2) is 65.4 Å². The van der Waals surface area contributed by atoms with Crippen LogP contribution in [0.1, 0.15) is 51.0 Å². The lowest BCUT2D eigenvalue weighted by Gasteiger charge is -2.35. The zero-order valence-electron chi connectivity index (χ0n) is 18.4. The lowest BCUT2D eigenvalue weighted by molar-refractivity contribution is -0.138. The number of benzene rings is 1. The fourth-order valence-corrected chi connectivity index (χ4v) is 4.90. The number of likely N-dealkylation sites (tertiary alicyclic amines) is 2. The summed E-state index contributed by atoms with van der Waals surface area (Å²) < 4.78 is 27.0. The van der Waals surface area contributed by atoms with Crippen LogP contribution in [0, 0.1) is 17.6 Å². The van der Waals surface area contributed by atoms with Gasteiger partial charge in [-0.15, -0.1) is 0 Å². The van der Waals surface area contributed by atoms with Crippen molar-refractivity contribution in [3.05, 3.63) is 35.4 Å². The van der Waals surface area contributed by atoms with Crippen molar-refractivity contribution in [3.8, 4) is 0 Å². The number of carbonyl (C=O) groups excluding carboxylic acids is 3. The average Bonchev–Trinajstić information content (AvgIpc) is 2.98. The highest BCUT2D eigenvalue weighted by molar-refractivity contribution is 6.07. The van der Waals surface area contributed by atoms with Crippen LogP contribution in [0.5, 0.6) is 0 Å². The molecule has 1 aromatic carbocycles. The molecular formula is C23H30F2N4O3. The minimum Gasteiger partial charge on any atom is -0.342 e. The van der Waals surface area contributed by atoms with Gasteiger partial charge in [0.15, 0.2) is 11.6 Å². The molecule has 1 atom stereocenters. The quantitative estimate of drug-likeness (QED) is 0.719. The molecule has 0 radical (unpaired) electrons. The Bertz CT molecular complexity index is 895. The molecule has 3 saturated heterocycles. The third-order valence-electron chi connectivity index (χ3n) is 6.97. The molecule has 7 nitrogen and oxygen atoms in total. The van der Waals surface area contributed by atoms with Gasteiger partial charge in [-0.05, 0) is 50.3 Å². The first kappa shape index (κ1) is 22.6. The fourth-order valence-electron chi connectivity index (χ4n) is 4.90. The number of piperidine rings is 1. The van der Waals surface area contributed by atoms with Crippen molar-refractivity contribution in [2.75, 3.05) is 32.8 Å². The van der Waals surface area contributed by atoms with Crippen LogP contribution in [0.3, 0.4) is 0 Å². The van der Waals surface area contributed by atoms with Crippen molar-refractivity contribution in [2.45, 2.75) is 51.0 Å². The second-order valence-electron chi connectivity index (χ2n) is 9.19. The number of carbonyl (C=O) groups is 3. The van der Waals surface area contributed by atoms with Gasteiger partial charge in [0.1, 0.15) is 5.54 Å². The van der Waals surface area contributed by atoms with Gasteiger partial charge in [0.05, 0.1) is 6.67 Å². The maximum atomic E-state index is 13.7. The van der Waals surface area contributed by atoms with E-state index in [1.807, 2.05) is 9.80 Å². The second kappa shape index (κ2) is 9.13. The van der Waals surface area contributed by atoms with Crippen LogP contribution in [-0.2, 0) is 15.1 Å². The van der Waals surface area contributed by atoms with Gasteiger partial charge in [0, 0.05) is 32.1 Å². The van der Waals surface area contributed by atoms with Crippen molar-refractivity contribution in [1.29, 1.82) is 0 Å². The Hall–Kier alpha value is -2.55. The van der Waals surface area contributed by atoms with E-state index in [4.69, 9.17) is 0 Å². The average molecular weight is 449 g/mol. The van der Waals surface area contributed by atoms with Crippen molar-refractivity contribution >= 4 is 17.8 Å². The first-order valence-electron chi connectivity index (χ1n) is 11.4. The summed E-state index contributed by atoms with van der Waals surface area (Å²) in [5.41, 5.74) is -1.26. The minimum absolute atomic E-state index is 0.0140. The summed E-state index contributed by atoms with van der Waals surface area (Å²) in [5, 5.41) is 2.62. The van der Waals surface area contributed by atoms with Crippen LogP contribution < -0.4 is 5.32 Å². The SMILES string of the molecule is CC1(c2ccc(F)c(F)c2)NC(=O)N(CN2CCC(C(=O)N3CCCCCC3)CC2)C1=O. The van der Waals surface area contributed by atoms with E-state index in [1.165, 1.54) is 25.8 Å². The van der Waals surface area contributed by atoms with Gasteiger partial charge >= 0.3 is 6.03 Å². The summed E-state index contributed by atoms with van der Waals surface area (Å²) in [7, 11) is 0. The van der Waals surface area contributed by atoms with Gasteiger partial charge in [-0.2, -0.15) is 0 Å². The number of nitrogens with one attached hydrogen (secondary N) is 1. The molecular weight excluding hydrogens is 418 g/mol. The Morgan fingerprint density at radius 1 is 1.03 bits per heavy atom. The summed E-state index contributed by atoms with van der Waals surface area (Å²) in [6, 6.07) is 2.63. The molecule has 1 aromatic rings. The highest BCUT2D eigenvalue weighted by Crippen LogP contribution is 2.30. The number of amides is 4. The third-order valence-corrected chi connectivity index (χ3v) is 6.97. The van der Waals surface area contributed by atoms with E-state index in [1.54, 1.807) is 0 Å². The number of nitrogens with zero attached hydrogens (tertiary/aromatic N) is 3. The lowest BCUT2D eigenvalue weighted by Crippen LogP contribution is -2.48. The molecule has 174 valence electrons. The van der Waals surface area contributed by atoms with E-state index in [-0.39, 0.29) is 24.1 Å². The van der Waals surface area contributed by atoms with Crippen molar-refractivity contribution in [1.82, 2.24) is 20.0 Å². The summed E-state index contributed by atoms with van der Waals surface area (Å²) in [5.74, 6) is -2.37. The van der Waals surface area contributed by atoms with Crippen LogP contribution in [0.25, 0.3) is 0 Å². The van der Waals surface area contributed by atoms with Gasteiger partial charge in [-0.25, -0.2) is 18.5 Å². The number of halogens is 2. The highest BCUT2D eigenvalue weighted by Gasteiger charge is 2.49. The smallest absolute Gasteiger partial charge is 0.326 e. The molecule has 3 aliphatic rings. The first-order valence-corrected chi connectivity index (χ1v) is 11.4. The zero-order chi connectivity index (χ0) is 22.9. The maximum Gasteiger partial charge on any atom is 0.326 e. The Kier molecular flexibility index (Phi) is 6.46. The number of hydrogen-bond acceptors (Lipinski definition) is 4. The largest absolute Gasteiger partial charge is 0.342 e. The number of rotatable bonds is 4. The number of urea groups is 1. The molecule has 0 bridgehead atoms. The third kappa shape index (κ3) is 4.35. The number of imide groups is 1. The van der Waals surface area contributed by atoms with Crippen molar-refractivity contribution in [2.24, 2.45) is 5.92 Å².